The topological polar surface area (TPSA) is 0 Å². The second kappa shape index (κ2) is 9.18. The summed E-state index contributed by atoms with van der Waals surface area (Å²) >= 11 is 0. The quantitative estimate of drug-likeness (QED) is 0.384. The largest absolute Gasteiger partial charge is 0.103 e. The van der Waals surface area contributed by atoms with Gasteiger partial charge >= 0.3 is 0 Å². The molecule has 0 N–H and O–H groups in total. The van der Waals surface area contributed by atoms with Gasteiger partial charge in [0.25, 0.3) is 0 Å². The number of rotatable bonds is 5. The third-order valence-corrected chi connectivity index (χ3v) is 11.1. The lowest BCUT2D eigenvalue weighted by Gasteiger charge is -2.45. The Hall–Kier alpha value is -0.260. The minimum absolute atomic E-state index is 0.487. The van der Waals surface area contributed by atoms with Gasteiger partial charge in [-0.1, -0.05) is 73.3 Å². The zero-order valence-electron chi connectivity index (χ0n) is 22.0. The van der Waals surface area contributed by atoms with Crippen LogP contribution in [0, 0.1) is 64.1 Å². The fraction of sp³-hybridized carbons (Fsp3) is 0.935. The molecule has 0 bridgehead atoms. The maximum absolute atomic E-state index is 4.14. The molecule has 7 atom stereocenters. The molecule has 0 aliphatic heterocycles. The van der Waals surface area contributed by atoms with Crippen LogP contribution in [-0.2, 0) is 0 Å². The first-order valence-corrected chi connectivity index (χ1v) is 14.2. The maximum atomic E-state index is 4.14. The van der Waals surface area contributed by atoms with Crippen LogP contribution in [0.3, 0.4) is 0 Å². The van der Waals surface area contributed by atoms with Gasteiger partial charge in [0.15, 0.2) is 0 Å². The highest BCUT2D eigenvalue weighted by molar-refractivity contribution is 5.06. The van der Waals surface area contributed by atoms with Crippen LogP contribution >= 0.6 is 0 Å². The zero-order chi connectivity index (χ0) is 22.4. The van der Waals surface area contributed by atoms with Crippen molar-refractivity contribution in [3.63, 3.8) is 0 Å². The van der Waals surface area contributed by atoms with Crippen molar-refractivity contribution in [2.75, 3.05) is 0 Å². The van der Waals surface area contributed by atoms with E-state index in [4.69, 9.17) is 0 Å². The Bertz CT molecular complexity index is 557. The fourth-order valence-electron chi connectivity index (χ4n) is 9.37. The molecule has 4 aliphatic rings. The molecule has 4 aliphatic carbocycles. The van der Waals surface area contributed by atoms with Crippen LogP contribution in [0.5, 0.6) is 0 Å². The second-order valence-corrected chi connectivity index (χ2v) is 14.6. The average Bonchev–Trinajstić information content (AvgIpc) is 3.33. The van der Waals surface area contributed by atoms with Gasteiger partial charge in [-0.15, -0.1) is 6.58 Å². The van der Waals surface area contributed by atoms with Crippen molar-refractivity contribution in [1.82, 2.24) is 0 Å². The Labute approximate surface area is 195 Å². The van der Waals surface area contributed by atoms with Crippen LogP contribution < -0.4 is 0 Å². The molecule has 7 unspecified atom stereocenters. The molecule has 31 heavy (non-hydrogen) atoms. The van der Waals surface area contributed by atoms with Crippen LogP contribution in [0.1, 0.15) is 119 Å². The van der Waals surface area contributed by atoms with Crippen molar-refractivity contribution in [3.8, 4) is 0 Å². The summed E-state index contributed by atoms with van der Waals surface area (Å²) in [5.74, 6) is 9.09. The van der Waals surface area contributed by atoms with Gasteiger partial charge in [-0.25, -0.2) is 0 Å². The van der Waals surface area contributed by atoms with Crippen molar-refractivity contribution in [2.45, 2.75) is 119 Å². The highest BCUT2D eigenvalue weighted by Gasteiger charge is 2.57. The summed E-state index contributed by atoms with van der Waals surface area (Å²) < 4.78 is 0. The first kappa shape index (κ1) is 23.9. The lowest BCUT2D eigenvalue weighted by molar-refractivity contribution is 0.0445. The molecular formula is C31H54. The molecule has 0 heterocycles. The highest BCUT2D eigenvalue weighted by Crippen LogP contribution is 2.65. The van der Waals surface area contributed by atoms with E-state index in [1.54, 1.807) is 25.7 Å². The van der Waals surface area contributed by atoms with Gasteiger partial charge < -0.3 is 0 Å². The molecule has 4 rings (SSSR count). The van der Waals surface area contributed by atoms with Crippen LogP contribution in [0.4, 0.5) is 0 Å². The number of fused-ring (bicyclic) bond motifs is 3. The van der Waals surface area contributed by atoms with Gasteiger partial charge in [0, 0.05) is 0 Å². The van der Waals surface area contributed by atoms with Gasteiger partial charge in [0.05, 0.1) is 0 Å². The minimum atomic E-state index is 0.487. The summed E-state index contributed by atoms with van der Waals surface area (Å²) in [5, 5.41) is 0. The summed E-state index contributed by atoms with van der Waals surface area (Å²) in [6.45, 7) is 19.3. The van der Waals surface area contributed by atoms with Gasteiger partial charge in [0.2, 0.25) is 0 Å². The summed E-state index contributed by atoms with van der Waals surface area (Å²) in [5.41, 5.74) is 0.975. The van der Waals surface area contributed by atoms with Crippen LogP contribution in [-0.4, -0.2) is 0 Å². The smallest absolute Gasteiger partial charge is 0.0321 e. The normalized spacial score (nSPS) is 40.4. The van der Waals surface area contributed by atoms with E-state index in [0.29, 0.717) is 10.8 Å². The van der Waals surface area contributed by atoms with Crippen LogP contribution in [0.25, 0.3) is 0 Å². The third-order valence-electron chi connectivity index (χ3n) is 11.1. The molecule has 178 valence electrons. The fourth-order valence-corrected chi connectivity index (χ4v) is 9.37. The Morgan fingerprint density at radius 1 is 0.710 bits per heavy atom. The second-order valence-electron chi connectivity index (χ2n) is 14.6. The van der Waals surface area contributed by atoms with E-state index in [0.717, 1.165) is 53.3 Å². The first-order valence-electron chi connectivity index (χ1n) is 14.2. The molecular weight excluding hydrogens is 372 g/mol. The van der Waals surface area contributed by atoms with Gasteiger partial charge in [-0.2, -0.15) is 0 Å². The number of hydrogen-bond acceptors (Lipinski definition) is 0. The summed E-state index contributed by atoms with van der Waals surface area (Å²) in [4.78, 5) is 0. The minimum Gasteiger partial charge on any atom is -0.103 e. The number of hydrogen-bond donors (Lipinski definition) is 0. The van der Waals surface area contributed by atoms with Crippen molar-refractivity contribution in [3.05, 3.63) is 12.7 Å². The Kier molecular flexibility index (Phi) is 7.07. The molecule has 0 aromatic rings. The third kappa shape index (κ3) is 4.84. The van der Waals surface area contributed by atoms with E-state index >= 15 is 0 Å². The van der Waals surface area contributed by atoms with Crippen LogP contribution in [0.15, 0.2) is 12.7 Å². The molecule has 4 saturated carbocycles. The maximum Gasteiger partial charge on any atom is -0.0321 e. The van der Waals surface area contributed by atoms with Gasteiger partial charge in [0.1, 0.15) is 0 Å². The monoisotopic (exact) mass is 426 g/mol. The highest BCUT2D eigenvalue weighted by atomic mass is 14.6. The van der Waals surface area contributed by atoms with E-state index in [-0.39, 0.29) is 0 Å². The van der Waals surface area contributed by atoms with Gasteiger partial charge in [-0.3, -0.25) is 0 Å². The summed E-state index contributed by atoms with van der Waals surface area (Å²) in [6, 6.07) is 0. The summed E-state index contributed by atoms with van der Waals surface area (Å²) in [6.07, 6.45) is 20.1. The number of allylic oxidation sites excluding steroid dienone is 1. The molecule has 4 fully saturated rings. The standard InChI is InChI=1S/C31H54/c1-8-9-14-24(21-12-10-11-13-21)29-27-19-22(30(2,3)4)15-17-25(27)26-18-16-23(20-28(26)29)31(5,6)7/h8,21-29H,1,9-20H2,2-7H3. The van der Waals surface area contributed by atoms with E-state index in [1.807, 2.05) is 0 Å². The first-order chi connectivity index (χ1) is 14.6. The predicted molar refractivity (Wildman–Crippen MR) is 136 cm³/mol. The zero-order valence-corrected chi connectivity index (χ0v) is 22.0. The van der Waals surface area contributed by atoms with Crippen LogP contribution in [0.2, 0.25) is 0 Å². The molecule has 0 nitrogen and oxygen atoms in total. The Balaban J connectivity index is 1.66. The lowest BCUT2D eigenvalue weighted by Crippen LogP contribution is -2.37. The molecule has 0 saturated heterocycles. The summed E-state index contributed by atoms with van der Waals surface area (Å²) in [7, 11) is 0. The average molecular weight is 427 g/mol. The molecule has 0 radical (unpaired) electrons. The lowest BCUT2D eigenvalue weighted by atomic mass is 9.60. The SMILES string of the molecule is C=CCCC(C1CCCC1)C1C2CC(C(C)(C)C)CCC2C2CCC(C(C)(C)C)CC21. The predicted octanol–water partition coefficient (Wildman–Crippen LogP) is 9.55. The molecule has 0 aromatic carbocycles. The van der Waals surface area contributed by atoms with Crippen molar-refractivity contribution < 1.29 is 0 Å². The molecule has 0 amide bonds. The van der Waals surface area contributed by atoms with Gasteiger partial charge in [-0.05, 0) is 115 Å². The Morgan fingerprint density at radius 2 is 1.19 bits per heavy atom. The molecule has 0 aromatic heterocycles. The van der Waals surface area contributed by atoms with Crippen molar-refractivity contribution in [2.24, 2.45) is 64.1 Å². The Morgan fingerprint density at radius 3 is 1.61 bits per heavy atom. The van der Waals surface area contributed by atoms with Crippen molar-refractivity contribution >= 4 is 0 Å². The molecule has 0 spiro atoms. The van der Waals surface area contributed by atoms with E-state index < -0.39 is 0 Å². The van der Waals surface area contributed by atoms with E-state index in [1.165, 1.54) is 51.4 Å². The van der Waals surface area contributed by atoms with Crippen molar-refractivity contribution in [1.29, 1.82) is 0 Å². The molecule has 0 heteroatoms. The van der Waals surface area contributed by atoms with E-state index in [2.05, 4.69) is 54.2 Å². The van der Waals surface area contributed by atoms with E-state index in [9.17, 15) is 0 Å².